The third-order valence-corrected chi connectivity index (χ3v) is 5.11. The molecule has 0 bridgehead atoms. The number of carboxylic acid groups (broad SMARTS) is 1. The molecule has 0 spiro atoms. The minimum atomic E-state index is -3.74. The number of carboxylic acids is 1. The molecule has 1 amide bonds. The number of amides is 1. The number of pyridine rings is 1. The maximum absolute atomic E-state index is 11.9. The first-order valence-corrected chi connectivity index (χ1v) is 6.42. The molecule has 1 saturated heterocycles. The largest absolute Gasteiger partial charge is 0.477 e. The van der Waals surface area contributed by atoms with Crippen LogP contribution in [0.5, 0.6) is 0 Å². The van der Waals surface area contributed by atoms with Crippen LogP contribution in [-0.4, -0.2) is 35.1 Å². The number of aromatic nitrogens is 1. The fraction of sp³-hybridized carbons (Fsp3) is 0.300. The monoisotopic (exact) mass is 270 g/mol. The first-order valence-electron chi connectivity index (χ1n) is 4.98. The molecular weight excluding hydrogens is 260 g/mol. The van der Waals surface area contributed by atoms with Gasteiger partial charge in [-0.2, -0.15) is 0 Å². The average molecular weight is 270 g/mol. The van der Waals surface area contributed by atoms with Gasteiger partial charge in [-0.05, 0) is 26.0 Å². The van der Waals surface area contributed by atoms with E-state index in [1.54, 1.807) is 0 Å². The molecule has 0 aliphatic carbocycles. The van der Waals surface area contributed by atoms with E-state index in [9.17, 15) is 18.0 Å². The molecule has 1 aromatic rings. The Morgan fingerprint density at radius 2 is 2.00 bits per heavy atom. The van der Waals surface area contributed by atoms with Gasteiger partial charge >= 0.3 is 5.97 Å². The average Bonchev–Trinajstić information content (AvgIpc) is 2.29. The summed E-state index contributed by atoms with van der Waals surface area (Å²) in [6.45, 7) is 2.64. The minimum absolute atomic E-state index is 0.0457. The predicted octanol–water partition coefficient (Wildman–Crippen LogP) is 0.235. The molecule has 0 atom stereocenters. The second kappa shape index (κ2) is 3.52. The van der Waals surface area contributed by atoms with Crippen LogP contribution in [0.1, 0.15) is 24.3 Å². The topological polar surface area (TPSA) is 105 Å². The van der Waals surface area contributed by atoms with E-state index in [1.165, 1.54) is 19.9 Å². The minimum Gasteiger partial charge on any atom is -0.477 e. The van der Waals surface area contributed by atoms with Gasteiger partial charge in [-0.15, -0.1) is 0 Å². The molecule has 0 radical (unpaired) electrons. The van der Waals surface area contributed by atoms with E-state index < -0.39 is 26.6 Å². The van der Waals surface area contributed by atoms with Crippen molar-refractivity contribution in [1.82, 2.24) is 4.98 Å². The molecule has 0 aromatic carbocycles. The van der Waals surface area contributed by atoms with E-state index in [1.807, 2.05) is 0 Å². The molecule has 0 saturated carbocycles. The summed E-state index contributed by atoms with van der Waals surface area (Å²) in [5.41, 5.74) is -0.173. The summed E-state index contributed by atoms with van der Waals surface area (Å²) < 4.78 is 22.9. The van der Waals surface area contributed by atoms with E-state index in [0.717, 1.165) is 12.3 Å². The Morgan fingerprint density at radius 1 is 1.39 bits per heavy atom. The molecular formula is C10H10N2O5S. The zero-order valence-electron chi connectivity index (χ0n) is 9.61. The van der Waals surface area contributed by atoms with E-state index >= 15 is 0 Å². The molecule has 1 aliphatic heterocycles. The fourth-order valence-corrected chi connectivity index (χ4v) is 3.01. The van der Waals surface area contributed by atoms with Gasteiger partial charge in [0, 0.05) is 0 Å². The molecule has 2 heterocycles. The molecule has 0 unspecified atom stereocenters. The van der Waals surface area contributed by atoms with E-state index in [2.05, 4.69) is 4.98 Å². The SMILES string of the molecule is CC1(C)C(=O)N(c2ccc(C(=O)O)nc2)S1(=O)=O. The van der Waals surface area contributed by atoms with Crippen molar-refractivity contribution >= 4 is 27.6 Å². The van der Waals surface area contributed by atoms with Gasteiger partial charge in [0.05, 0.1) is 11.9 Å². The number of carbonyl (C=O) groups excluding carboxylic acids is 1. The van der Waals surface area contributed by atoms with Crippen LogP contribution >= 0.6 is 0 Å². The van der Waals surface area contributed by atoms with Crippen molar-refractivity contribution in [3.05, 3.63) is 24.0 Å². The lowest BCUT2D eigenvalue weighted by Gasteiger charge is -2.42. The smallest absolute Gasteiger partial charge is 0.354 e. The zero-order chi connectivity index (χ0) is 13.7. The van der Waals surface area contributed by atoms with Gasteiger partial charge in [0.25, 0.3) is 15.9 Å². The van der Waals surface area contributed by atoms with Crippen LogP contribution in [0.25, 0.3) is 0 Å². The van der Waals surface area contributed by atoms with Crippen molar-refractivity contribution in [1.29, 1.82) is 0 Å². The second-order valence-electron chi connectivity index (χ2n) is 4.29. The second-order valence-corrected chi connectivity index (χ2v) is 6.63. The predicted molar refractivity (Wildman–Crippen MR) is 61.7 cm³/mol. The van der Waals surface area contributed by atoms with Crippen molar-refractivity contribution < 1.29 is 23.1 Å². The van der Waals surface area contributed by atoms with Gasteiger partial charge in [-0.25, -0.2) is 22.5 Å². The third-order valence-electron chi connectivity index (χ3n) is 2.79. The summed E-state index contributed by atoms with van der Waals surface area (Å²) in [5.74, 6) is -1.79. The third kappa shape index (κ3) is 1.42. The van der Waals surface area contributed by atoms with Gasteiger partial charge in [0.15, 0.2) is 4.75 Å². The highest BCUT2D eigenvalue weighted by atomic mass is 32.2. The first-order chi connectivity index (χ1) is 8.19. The lowest BCUT2D eigenvalue weighted by Crippen LogP contribution is -2.67. The van der Waals surface area contributed by atoms with Crippen molar-refractivity contribution in [3.8, 4) is 0 Å². The van der Waals surface area contributed by atoms with E-state index in [4.69, 9.17) is 5.11 Å². The molecule has 2 rings (SSSR count). The highest BCUT2D eigenvalue weighted by Gasteiger charge is 2.60. The van der Waals surface area contributed by atoms with Crippen LogP contribution < -0.4 is 4.31 Å². The number of carbonyl (C=O) groups is 2. The molecule has 18 heavy (non-hydrogen) atoms. The summed E-state index contributed by atoms with van der Waals surface area (Å²) >= 11 is 0. The van der Waals surface area contributed by atoms with Crippen molar-refractivity contribution in [2.24, 2.45) is 0 Å². The lowest BCUT2D eigenvalue weighted by atomic mass is 10.2. The maximum atomic E-state index is 11.9. The van der Waals surface area contributed by atoms with Gasteiger partial charge < -0.3 is 5.11 Å². The lowest BCUT2D eigenvalue weighted by molar-refractivity contribution is -0.120. The van der Waals surface area contributed by atoms with Crippen LogP contribution in [0, 0.1) is 0 Å². The Labute approximate surface area is 103 Å². The molecule has 7 nitrogen and oxygen atoms in total. The molecule has 1 aliphatic rings. The number of anilines is 1. The van der Waals surface area contributed by atoms with Crippen LogP contribution in [0.15, 0.2) is 18.3 Å². The van der Waals surface area contributed by atoms with Crippen LogP contribution in [-0.2, 0) is 14.8 Å². The number of hydrogen-bond acceptors (Lipinski definition) is 5. The summed E-state index contributed by atoms with van der Waals surface area (Å²) in [6, 6.07) is 2.38. The molecule has 96 valence electrons. The first kappa shape index (κ1) is 12.5. The number of aromatic carboxylic acids is 1. The van der Waals surface area contributed by atoms with Crippen molar-refractivity contribution in [2.45, 2.75) is 18.6 Å². The summed E-state index contributed by atoms with van der Waals surface area (Å²) in [5, 5.41) is 8.66. The number of hydrogen-bond donors (Lipinski definition) is 1. The Kier molecular flexibility index (Phi) is 2.44. The number of rotatable bonds is 2. The normalized spacial score (nSPS) is 20.3. The summed E-state index contributed by atoms with van der Waals surface area (Å²) in [4.78, 5) is 25.9. The Morgan fingerprint density at radius 3 is 2.39 bits per heavy atom. The Hall–Kier alpha value is -1.96. The Balaban J connectivity index is 2.41. The fourth-order valence-electron chi connectivity index (χ4n) is 1.54. The quantitative estimate of drug-likeness (QED) is 0.825. The summed E-state index contributed by atoms with van der Waals surface area (Å²) in [7, 11) is -3.74. The number of nitrogens with zero attached hydrogens (tertiary/aromatic N) is 2. The van der Waals surface area contributed by atoms with Crippen LogP contribution in [0.4, 0.5) is 5.69 Å². The van der Waals surface area contributed by atoms with Gasteiger partial charge in [0.1, 0.15) is 5.69 Å². The maximum Gasteiger partial charge on any atom is 0.354 e. The molecule has 8 heteroatoms. The van der Waals surface area contributed by atoms with Gasteiger partial charge in [0.2, 0.25) is 0 Å². The van der Waals surface area contributed by atoms with Gasteiger partial charge in [-0.1, -0.05) is 0 Å². The van der Waals surface area contributed by atoms with E-state index in [0.29, 0.717) is 4.31 Å². The van der Waals surface area contributed by atoms with Crippen LogP contribution in [0.3, 0.4) is 0 Å². The Bertz CT molecular complexity index is 633. The summed E-state index contributed by atoms with van der Waals surface area (Å²) in [6.07, 6.45) is 1.05. The zero-order valence-corrected chi connectivity index (χ0v) is 10.4. The van der Waals surface area contributed by atoms with Crippen molar-refractivity contribution in [3.63, 3.8) is 0 Å². The van der Waals surface area contributed by atoms with E-state index in [-0.39, 0.29) is 11.4 Å². The molecule has 1 N–H and O–H groups in total. The highest BCUT2D eigenvalue weighted by Crippen LogP contribution is 2.38. The number of sulfonamides is 1. The van der Waals surface area contributed by atoms with Crippen molar-refractivity contribution in [2.75, 3.05) is 4.31 Å². The standard InChI is InChI=1S/C10H10N2O5S/c1-10(2)9(15)12(18(10,16)17)6-3-4-7(8(13)14)11-5-6/h3-5H,1-2H3,(H,13,14). The highest BCUT2D eigenvalue weighted by molar-refractivity contribution is 7.98. The molecule has 1 aromatic heterocycles. The van der Waals surface area contributed by atoms with Crippen LogP contribution in [0.2, 0.25) is 0 Å². The molecule has 1 fully saturated rings. The van der Waals surface area contributed by atoms with Gasteiger partial charge in [-0.3, -0.25) is 4.79 Å².